The number of carbonyl (C=O) groups is 1. The van der Waals surface area contributed by atoms with Gasteiger partial charge in [-0.15, -0.1) is 0 Å². The molecule has 1 unspecified atom stereocenters. The van der Waals surface area contributed by atoms with E-state index in [0.717, 1.165) is 44.9 Å². The minimum atomic E-state index is -0.674. The molecule has 23 heavy (non-hydrogen) atoms. The summed E-state index contributed by atoms with van der Waals surface area (Å²) in [5.41, 5.74) is 0. The maximum Gasteiger partial charge on any atom is 0.306 e. The topological polar surface area (TPSA) is 37.3 Å². The molecule has 2 heteroatoms. The van der Waals surface area contributed by atoms with Gasteiger partial charge < -0.3 is 5.11 Å². The lowest BCUT2D eigenvalue weighted by molar-refractivity contribution is -0.141. The fraction of sp³-hybridized carbons (Fsp3) is 0.667. The zero-order valence-electron chi connectivity index (χ0n) is 15.2. The number of carboxylic acid groups (broad SMARTS) is 1. The summed E-state index contributed by atoms with van der Waals surface area (Å²) in [5, 5.41) is 8.79. The Kier molecular flexibility index (Phi) is 16.1. The molecule has 132 valence electrons. The summed E-state index contributed by atoms with van der Waals surface area (Å²) >= 11 is 0. The van der Waals surface area contributed by atoms with Gasteiger partial charge in [0.2, 0.25) is 0 Å². The Morgan fingerprint density at radius 3 is 1.87 bits per heavy atom. The molecule has 2 nitrogen and oxygen atoms in total. The van der Waals surface area contributed by atoms with Crippen LogP contribution in [0.3, 0.4) is 0 Å². The van der Waals surface area contributed by atoms with Gasteiger partial charge in [0, 0.05) is 0 Å². The minimum absolute atomic E-state index is 0.198. The Bertz CT molecular complexity index is 353. The molecular weight excluding hydrogens is 284 g/mol. The van der Waals surface area contributed by atoms with E-state index in [0.29, 0.717) is 0 Å². The fourth-order valence-electron chi connectivity index (χ4n) is 2.30. The summed E-state index contributed by atoms with van der Waals surface area (Å²) in [6, 6.07) is 0. The smallest absolute Gasteiger partial charge is 0.306 e. The van der Waals surface area contributed by atoms with Gasteiger partial charge in [0.15, 0.2) is 0 Å². The molecular formula is C21H36O2. The van der Waals surface area contributed by atoms with Crippen molar-refractivity contribution < 1.29 is 9.90 Å². The van der Waals surface area contributed by atoms with Crippen LogP contribution in [0.15, 0.2) is 36.5 Å². The number of allylic oxidation sites excluding steroid dienone is 6. The third kappa shape index (κ3) is 16.9. The predicted molar refractivity (Wildman–Crippen MR) is 101 cm³/mol. The Balaban J connectivity index is 3.37. The summed E-state index contributed by atoms with van der Waals surface area (Å²) in [5.74, 6) is -0.871. The molecule has 0 aromatic rings. The van der Waals surface area contributed by atoms with Gasteiger partial charge in [-0.3, -0.25) is 4.79 Å². The van der Waals surface area contributed by atoms with Crippen LogP contribution in [-0.2, 0) is 4.79 Å². The molecule has 0 aromatic heterocycles. The van der Waals surface area contributed by atoms with Crippen molar-refractivity contribution in [2.75, 3.05) is 0 Å². The van der Waals surface area contributed by atoms with Crippen LogP contribution >= 0.6 is 0 Å². The highest BCUT2D eigenvalue weighted by atomic mass is 16.4. The van der Waals surface area contributed by atoms with E-state index in [4.69, 9.17) is 5.11 Å². The van der Waals surface area contributed by atoms with Crippen LogP contribution < -0.4 is 0 Å². The lowest BCUT2D eigenvalue weighted by Crippen LogP contribution is -2.08. The van der Waals surface area contributed by atoms with Gasteiger partial charge in [-0.05, 0) is 44.9 Å². The normalized spacial score (nSPS) is 13.5. The fourth-order valence-corrected chi connectivity index (χ4v) is 2.30. The Morgan fingerprint density at radius 2 is 1.35 bits per heavy atom. The molecule has 0 radical (unpaired) electrons. The lowest BCUT2D eigenvalue weighted by atomic mass is 10.0. The maximum atomic E-state index is 10.7. The number of aliphatic carboxylic acids is 1. The highest BCUT2D eigenvalue weighted by Gasteiger charge is 2.08. The second-order valence-corrected chi connectivity index (χ2v) is 6.26. The molecule has 0 heterocycles. The second kappa shape index (κ2) is 17.1. The quantitative estimate of drug-likeness (QED) is 0.270. The van der Waals surface area contributed by atoms with Crippen LogP contribution in [0.25, 0.3) is 0 Å². The van der Waals surface area contributed by atoms with Gasteiger partial charge in [0.05, 0.1) is 5.92 Å². The van der Waals surface area contributed by atoms with Crippen molar-refractivity contribution in [3.05, 3.63) is 36.5 Å². The molecule has 0 spiro atoms. The Morgan fingerprint density at radius 1 is 0.826 bits per heavy atom. The second-order valence-electron chi connectivity index (χ2n) is 6.26. The van der Waals surface area contributed by atoms with E-state index in [1.54, 1.807) is 6.92 Å². The van der Waals surface area contributed by atoms with Gasteiger partial charge >= 0.3 is 5.97 Å². The van der Waals surface area contributed by atoms with E-state index in [2.05, 4.69) is 43.4 Å². The van der Waals surface area contributed by atoms with Gasteiger partial charge in [0.25, 0.3) is 0 Å². The standard InChI is InChI=1S/C21H36O2/c1-3-4-5-6-7-8-9-10-11-12-13-14-15-16-17-18-19-20(2)21(22)23/h7-8,10-11,13-14,20H,3-6,9,12,15-19H2,1-2H3,(H,22,23). The number of unbranched alkanes of at least 4 members (excludes halogenated alkanes) is 6. The van der Waals surface area contributed by atoms with E-state index in [9.17, 15) is 4.79 Å². The van der Waals surface area contributed by atoms with Crippen molar-refractivity contribution in [2.24, 2.45) is 5.92 Å². The minimum Gasteiger partial charge on any atom is -0.481 e. The van der Waals surface area contributed by atoms with E-state index >= 15 is 0 Å². The summed E-state index contributed by atoms with van der Waals surface area (Å²) in [7, 11) is 0. The third-order valence-electron chi connectivity index (χ3n) is 3.95. The SMILES string of the molecule is CCCCCC=CCC=CCC=CCCCCCC(C)C(=O)O. The highest BCUT2D eigenvalue weighted by Crippen LogP contribution is 2.10. The zero-order valence-corrected chi connectivity index (χ0v) is 15.2. The molecule has 0 bridgehead atoms. The third-order valence-corrected chi connectivity index (χ3v) is 3.95. The Hall–Kier alpha value is -1.31. The largest absolute Gasteiger partial charge is 0.481 e. The molecule has 0 aliphatic carbocycles. The van der Waals surface area contributed by atoms with Crippen molar-refractivity contribution >= 4 is 5.97 Å². The molecule has 0 aliphatic heterocycles. The number of hydrogen-bond donors (Lipinski definition) is 1. The summed E-state index contributed by atoms with van der Waals surface area (Å²) in [6.07, 6.45) is 25.9. The van der Waals surface area contributed by atoms with Crippen molar-refractivity contribution in [1.82, 2.24) is 0 Å². The van der Waals surface area contributed by atoms with Crippen LogP contribution in [0.2, 0.25) is 0 Å². The molecule has 0 fully saturated rings. The Labute approximate surface area is 143 Å². The summed E-state index contributed by atoms with van der Waals surface area (Å²) < 4.78 is 0. The molecule has 1 N–H and O–H groups in total. The first-order chi connectivity index (χ1) is 11.2. The first-order valence-electron chi connectivity index (χ1n) is 9.36. The van der Waals surface area contributed by atoms with Crippen LogP contribution in [0.1, 0.15) is 84.5 Å². The average Bonchev–Trinajstić information content (AvgIpc) is 2.54. The highest BCUT2D eigenvalue weighted by molar-refractivity contribution is 5.69. The van der Waals surface area contributed by atoms with Crippen molar-refractivity contribution in [1.29, 1.82) is 0 Å². The molecule has 0 aromatic carbocycles. The van der Waals surface area contributed by atoms with Gasteiger partial charge in [-0.25, -0.2) is 0 Å². The molecule has 0 amide bonds. The van der Waals surface area contributed by atoms with E-state index < -0.39 is 5.97 Å². The number of hydrogen-bond acceptors (Lipinski definition) is 1. The van der Waals surface area contributed by atoms with Gasteiger partial charge in [0.1, 0.15) is 0 Å². The van der Waals surface area contributed by atoms with Crippen LogP contribution in [-0.4, -0.2) is 11.1 Å². The predicted octanol–water partition coefficient (Wildman–Crippen LogP) is 6.69. The van der Waals surface area contributed by atoms with Gasteiger partial charge in [-0.2, -0.15) is 0 Å². The number of carboxylic acids is 1. The van der Waals surface area contributed by atoms with Crippen LogP contribution in [0, 0.1) is 5.92 Å². The van der Waals surface area contributed by atoms with E-state index in [1.807, 2.05) is 0 Å². The molecule has 1 atom stereocenters. The molecule has 0 rings (SSSR count). The molecule has 0 saturated carbocycles. The van der Waals surface area contributed by atoms with Crippen LogP contribution in [0.5, 0.6) is 0 Å². The zero-order chi connectivity index (χ0) is 17.2. The van der Waals surface area contributed by atoms with Crippen LogP contribution in [0.4, 0.5) is 0 Å². The summed E-state index contributed by atoms with van der Waals surface area (Å²) in [4.78, 5) is 10.7. The first kappa shape index (κ1) is 21.7. The van der Waals surface area contributed by atoms with Crippen molar-refractivity contribution in [3.8, 4) is 0 Å². The number of rotatable bonds is 15. The van der Waals surface area contributed by atoms with E-state index in [1.165, 1.54) is 25.7 Å². The summed E-state index contributed by atoms with van der Waals surface area (Å²) in [6.45, 7) is 4.02. The van der Waals surface area contributed by atoms with Crippen molar-refractivity contribution in [3.63, 3.8) is 0 Å². The van der Waals surface area contributed by atoms with Gasteiger partial charge in [-0.1, -0.05) is 76.0 Å². The lowest BCUT2D eigenvalue weighted by Gasteiger charge is -2.04. The maximum absolute atomic E-state index is 10.7. The van der Waals surface area contributed by atoms with E-state index in [-0.39, 0.29) is 5.92 Å². The average molecular weight is 321 g/mol. The first-order valence-corrected chi connectivity index (χ1v) is 9.36. The molecule has 0 saturated heterocycles. The molecule has 0 aliphatic rings. The van der Waals surface area contributed by atoms with Crippen molar-refractivity contribution in [2.45, 2.75) is 84.5 Å². The monoisotopic (exact) mass is 320 g/mol.